The first-order chi connectivity index (χ1) is 11.1. The topological polar surface area (TPSA) is 50.2 Å². The summed E-state index contributed by atoms with van der Waals surface area (Å²) >= 11 is 0. The first kappa shape index (κ1) is 15.7. The van der Waals surface area contributed by atoms with E-state index in [2.05, 4.69) is 41.6 Å². The standard InChI is InChI=1S/C18H24N4O/c1-14(15-6-4-3-5-7-15)8-10-19-17-9-11-22(18(17)23)16-12-20-21(2)13-16/h3-7,12-14,17,19H,8-11H2,1-2H3. The van der Waals surface area contributed by atoms with Crippen LogP contribution in [0.4, 0.5) is 5.69 Å². The molecule has 3 rings (SSSR count). The quantitative estimate of drug-likeness (QED) is 0.890. The number of rotatable bonds is 6. The Morgan fingerprint density at radius 3 is 2.83 bits per heavy atom. The van der Waals surface area contributed by atoms with E-state index in [1.54, 1.807) is 10.9 Å². The molecule has 1 N–H and O–H groups in total. The third-order valence-corrected chi connectivity index (χ3v) is 4.55. The van der Waals surface area contributed by atoms with Gasteiger partial charge in [0.1, 0.15) is 0 Å². The van der Waals surface area contributed by atoms with Crippen molar-refractivity contribution in [2.75, 3.05) is 18.0 Å². The molecule has 1 fully saturated rings. The molecule has 0 saturated carbocycles. The van der Waals surface area contributed by atoms with Gasteiger partial charge in [-0.05, 0) is 30.9 Å². The fourth-order valence-corrected chi connectivity index (χ4v) is 3.10. The van der Waals surface area contributed by atoms with Crippen LogP contribution >= 0.6 is 0 Å². The largest absolute Gasteiger partial charge is 0.308 e. The highest BCUT2D eigenvalue weighted by Crippen LogP contribution is 2.21. The van der Waals surface area contributed by atoms with Gasteiger partial charge in [0.15, 0.2) is 0 Å². The van der Waals surface area contributed by atoms with Crippen molar-refractivity contribution in [3.8, 4) is 0 Å². The third-order valence-electron chi connectivity index (χ3n) is 4.55. The smallest absolute Gasteiger partial charge is 0.244 e. The lowest BCUT2D eigenvalue weighted by Gasteiger charge is -2.16. The van der Waals surface area contributed by atoms with Crippen molar-refractivity contribution in [2.24, 2.45) is 7.05 Å². The highest BCUT2D eigenvalue weighted by atomic mass is 16.2. The number of hydrogen-bond donors (Lipinski definition) is 1. The molecule has 0 aliphatic carbocycles. The fraction of sp³-hybridized carbons (Fsp3) is 0.444. The number of nitrogens with one attached hydrogen (secondary N) is 1. The molecular formula is C18H24N4O. The number of aryl methyl sites for hydroxylation is 1. The van der Waals surface area contributed by atoms with Gasteiger partial charge in [-0.25, -0.2) is 0 Å². The Labute approximate surface area is 137 Å². The Kier molecular flexibility index (Phi) is 4.76. The molecule has 1 aromatic heterocycles. The minimum absolute atomic E-state index is 0.0711. The van der Waals surface area contributed by atoms with Gasteiger partial charge in [0, 0.05) is 19.8 Å². The minimum Gasteiger partial charge on any atom is -0.308 e. The van der Waals surface area contributed by atoms with Crippen LogP contribution in [0.2, 0.25) is 0 Å². The van der Waals surface area contributed by atoms with E-state index in [0.717, 1.165) is 31.6 Å². The number of aromatic nitrogens is 2. The molecule has 1 amide bonds. The van der Waals surface area contributed by atoms with Crippen LogP contribution in [-0.2, 0) is 11.8 Å². The average molecular weight is 312 g/mol. The Balaban J connectivity index is 1.49. The third kappa shape index (κ3) is 3.62. The molecule has 2 atom stereocenters. The molecule has 1 aliphatic heterocycles. The van der Waals surface area contributed by atoms with Crippen LogP contribution in [0.3, 0.4) is 0 Å². The maximum atomic E-state index is 12.5. The summed E-state index contributed by atoms with van der Waals surface area (Å²) in [5.41, 5.74) is 2.24. The lowest BCUT2D eigenvalue weighted by Crippen LogP contribution is -2.38. The zero-order valence-corrected chi connectivity index (χ0v) is 13.8. The van der Waals surface area contributed by atoms with E-state index in [4.69, 9.17) is 0 Å². The zero-order valence-electron chi connectivity index (χ0n) is 13.8. The van der Waals surface area contributed by atoms with Crippen molar-refractivity contribution in [3.63, 3.8) is 0 Å². The highest BCUT2D eigenvalue weighted by molar-refractivity contribution is 5.99. The van der Waals surface area contributed by atoms with Crippen LogP contribution in [0.5, 0.6) is 0 Å². The van der Waals surface area contributed by atoms with E-state index in [9.17, 15) is 4.79 Å². The molecule has 2 unspecified atom stereocenters. The van der Waals surface area contributed by atoms with Gasteiger partial charge >= 0.3 is 0 Å². The number of benzene rings is 1. The predicted molar refractivity (Wildman–Crippen MR) is 91.4 cm³/mol. The van der Waals surface area contributed by atoms with E-state index < -0.39 is 0 Å². The average Bonchev–Trinajstić information content (AvgIpc) is 3.14. The van der Waals surface area contributed by atoms with Crippen LogP contribution in [0.1, 0.15) is 31.2 Å². The SMILES string of the molecule is CC(CCNC1CCN(c2cnn(C)c2)C1=O)c1ccccc1. The molecule has 1 aliphatic rings. The van der Waals surface area contributed by atoms with Crippen molar-refractivity contribution in [1.29, 1.82) is 0 Å². The van der Waals surface area contributed by atoms with Crippen molar-refractivity contribution >= 4 is 11.6 Å². The second-order valence-corrected chi connectivity index (χ2v) is 6.26. The van der Waals surface area contributed by atoms with Gasteiger partial charge < -0.3 is 10.2 Å². The molecule has 0 radical (unpaired) electrons. The summed E-state index contributed by atoms with van der Waals surface area (Å²) < 4.78 is 1.73. The van der Waals surface area contributed by atoms with Crippen molar-refractivity contribution < 1.29 is 4.79 Å². The van der Waals surface area contributed by atoms with E-state index in [1.807, 2.05) is 24.2 Å². The Hall–Kier alpha value is -2.14. The number of anilines is 1. The number of hydrogen-bond acceptors (Lipinski definition) is 3. The summed E-state index contributed by atoms with van der Waals surface area (Å²) in [6.45, 7) is 3.85. The van der Waals surface area contributed by atoms with Gasteiger partial charge in [-0.2, -0.15) is 5.10 Å². The summed E-state index contributed by atoms with van der Waals surface area (Å²) in [7, 11) is 1.87. The minimum atomic E-state index is -0.0711. The highest BCUT2D eigenvalue weighted by Gasteiger charge is 2.32. The lowest BCUT2D eigenvalue weighted by atomic mass is 9.98. The molecule has 122 valence electrons. The Morgan fingerprint density at radius 1 is 1.35 bits per heavy atom. The second-order valence-electron chi connectivity index (χ2n) is 6.26. The molecule has 1 aromatic carbocycles. The summed E-state index contributed by atoms with van der Waals surface area (Å²) in [6, 6.07) is 10.4. The molecular weight excluding hydrogens is 288 g/mol. The van der Waals surface area contributed by atoms with Gasteiger partial charge in [0.2, 0.25) is 5.91 Å². The van der Waals surface area contributed by atoms with Crippen molar-refractivity contribution in [2.45, 2.75) is 31.7 Å². The maximum absolute atomic E-state index is 12.5. The van der Waals surface area contributed by atoms with E-state index in [0.29, 0.717) is 5.92 Å². The van der Waals surface area contributed by atoms with Crippen LogP contribution in [0, 0.1) is 0 Å². The van der Waals surface area contributed by atoms with Crippen LogP contribution in [0.15, 0.2) is 42.7 Å². The first-order valence-corrected chi connectivity index (χ1v) is 8.23. The summed E-state index contributed by atoms with van der Waals surface area (Å²) in [5.74, 6) is 0.653. The molecule has 1 saturated heterocycles. The van der Waals surface area contributed by atoms with Crippen LogP contribution in [0.25, 0.3) is 0 Å². The number of amides is 1. The van der Waals surface area contributed by atoms with Gasteiger partial charge in [-0.1, -0.05) is 37.3 Å². The van der Waals surface area contributed by atoms with Crippen LogP contribution in [-0.4, -0.2) is 34.8 Å². The number of carbonyl (C=O) groups excluding carboxylic acids is 1. The summed E-state index contributed by atoms with van der Waals surface area (Å²) in [4.78, 5) is 14.3. The Morgan fingerprint density at radius 2 is 2.13 bits per heavy atom. The monoisotopic (exact) mass is 312 g/mol. The fourth-order valence-electron chi connectivity index (χ4n) is 3.10. The Bertz CT molecular complexity index is 652. The van der Waals surface area contributed by atoms with Crippen molar-refractivity contribution in [3.05, 3.63) is 48.3 Å². The molecule has 5 heteroatoms. The van der Waals surface area contributed by atoms with Crippen molar-refractivity contribution in [1.82, 2.24) is 15.1 Å². The summed E-state index contributed by atoms with van der Waals surface area (Å²) in [5, 5.41) is 7.56. The zero-order chi connectivity index (χ0) is 16.2. The number of carbonyl (C=O) groups is 1. The van der Waals surface area contributed by atoms with E-state index in [-0.39, 0.29) is 11.9 Å². The normalized spacial score (nSPS) is 19.3. The molecule has 2 heterocycles. The molecule has 23 heavy (non-hydrogen) atoms. The molecule has 5 nitrogen and oxygen atoms in total. The van der Waals surface area contributed by atoms with Gasteiger partial charge in [0.25, 0.3) is 0 Å². The maximum Gasteiger partial charge on any atom is 0.244 e. The molecule has 0 spiro atoms. The van der Waals surface area contributed by atoms with Gasteiger partial charge in [-0.3, -0.25) is 9.48 Å². The number of nitrogens with zero attached hydrogens (tertiary/aromatic N) is 3. The first-order valence-electron chi connectivity index (χ1n) is 8.23. The van der Waals surface area contributed by atoms with Crippen LogP contribution < -0.4 is 10.2 Å². The van der Waals surface area contributed by atoms with Gasteiger partial charge in [0.05, 0.1) is 17.9 Å². The molecule has 2 aromatic rings. The predicted octanol–water partition coefficient (Wildman–Crippen LogP) is 2.31. The van der Waals surface area contributed by atoms with E-state index in [1.165, 1.54) is 5.56 Å². The van der Waals surface area contributed by atoms with E-state index >= 15 is 0 Å². The summed E-state index contributed by atoms with van der Waals surface area (Å²) in [6.07, 6.45) is 5.52. The lowest BCUT2D eigenvalue weighted by molar-refractivity contribution is -0.118. The second kappa shape index (κ2) is 6.96. The molecule has 0 bridgehead atoms. The van der Waals surface area contributed by atoms with Gasteiger partial charge in [-0.15, -0.1) is 0 Å².